The average molecular weight is 204 g/mol. The maximum Gasteiger partial charge on any atom is 0.325 e. The van der Waals surface area contributed by atoms with Crippen molar-refractivity contribution < 1.29 is 14.7 Å². The number of hydrogen-bond acceptors (Lipinski definition) is 5. The summed E-state index contributed by atoms with van der Waals surface area (Å²) >= 11 is 0. The van der Waals surface area contributed by atoms with E-state index in [9.17, 15) is 4.79 Å². The molecule has 0 aromatic carbocycles. The molecule has 0 aromatic heterocycles. The lowest BCUT2D eigenvalue weighted by Gasteiger charge is -2.10. The molecule has 7 nitrogen and oxygen atoms in total. The van der Waals surface area contributed by atoms with Gasteiger partial charge in [-0.05, 0) is 12.8 Å². The molecule has 0 spiro atoms. The van der Waals surface area contributed by atoms with E-state index < -0.39 is 12.0 Å². The van der Waals surface area contributed by atoms with Crippen molar-refractivity contribution in [1.29, 1.82) is 0 Å². The molecule has 7 heteroatoms. The highest BCUT2D eigenvalue weighted by molar-refractivity contribution is 5.76. The van der Waals surface area contributed by atoms with Crippen LogP contribution in [-0.4, -0.2) is 36.8 Å². The summed E-state index contributed by atoms with van der Waals surface area (Å²) in [5, 5.41) is 8.60. The molecule has 0 amide bonds. The first-order chi connectivity index (χ1) is 6.61. The van der Waals surface area contributed by atoms with Gasteiger partial charge < -0.3 is 21.4 Å². The summed E-state index contributed by atoms with van der Waals surface area (Å²) in [7, 11) is 1.25. The standard InChI is InChI=1S/C7H16N4O3/c1-14-6(12)5(11-13)3-2-4-10-7(8)9/h5,11,13H,2-4H2,1H3,(H4,8,9,10)/t5-/m0/s1. The molecule has 6 N–H and O–H groups in total. The Bertz CT molecular complexity index is 203. The molecule has 0 unspecified atom stereocenters. The summed E-state index contributed by atoms with van der Waals surface area (Å²) in [4.78, 5) is 14.7. The van der Waals surface area contributed by atoms with Crippen molar-refractivity contribution in [3.63, 3.8) is 0 Å². The molecule has 82 valence electrons. The first-order valence-electron chi connectivity index (χ1n) is 4.14. The first kappa shape index (κ1) is 12.7. The lowest BCUT2D eigenvalue weighted by atomic mass is 10.2. The highest BCUT2D eigenvalue weighted by Crippen LogP contribution is 1.98. The van der Waals surface area contributed by atoms with Crippen molar-refractivity contribution in [3.05, 3.63) is 0 Å². The number of aliphatic imine (C=N–C) groups is 1. The van der Waals surface area contributed by atoms with E-state index >= 15 is 0 Å². The number of guanidine groups is 1. The quantitative estimate of drug-likeness (QED) is 0.138. The Morgan fingerprint density at radius 3 is 2.71 bits per heavy atom. The number of methoxy groups -OCH3 is 1. The third kappa shape index (κ3) is 5.33. The molecule has 0 bridgehead atoms. The van der Waals surface area contributed by atoms with E-state index in [4.69, 9.17) is 16.7 Å². The van der Waals surface area contributed by atoms with Gasteiger partial charge in [0.1, 0.15) is 6.04 Å². The molecule has 0 radical (unpaired) electrons. The minimum Gasteiger partial charge on any atom is -0.468 e. The topological polar surface area (TPSA) is 123 Å². The number of hydroxylamine groups is 1. The van der Waals surface area contributed by atoms with Gasteiger partial charge in [-0.15, -0.1) is 0 Å². The minimum absolute atomic E-state index is 0.0107. The van der Waals surface area contributed by atoms with Crippen LogP contribution in [0.5, 0.6) is 0 Å². The fourth-order valence-electron chi connectivity index (χ4n) is 0.881. The summed E-state index contributed by atoms with van der Waals surface area (Å²) < 4.78 is 4.43. The Balaban J connectivity index is 3.74. The number of carbonyl (C=O) groups excluding carboxylic acids is 1. The van der Waals surface area contributed by atoms with Crippen LogP contribution in [0.15, 0.2) is 4.99 Å². The Hall–Kier alpha value is -1.34. The van der Waals surface area contributed by atoms with Gasteiger partial charge in [0.15, 0.2) is 5.96 Å². The third-order valence-corrected chi connectivity index (χ3v) is 1.59. The minimum atomic E-state index is -0.728. The van der Waals surface area contributed by atoms with Crippen molar-refractivity contribution >= 4 is 11.9 Å². The molecule has 0 rings (SSSR count). The largest absolute Gasteiger partial charge is 0.468 e. The van der Waals surface area contributed by atoms with Crippen molar-refractivity contribution in [2.45, 2.75) is 18.9 Å². The summed E-state index contributed by atoms with van der Waals surface area (Å²) in [5.41, 5.74) is 12.1. The zero-order valence-corrected chi connectivity index (χ0v) is 8.06. The maximum atomic E-state index is 10.9. The van der Waals surface area contributed by atoms with Crippen LogP contribution < -0.4 is 16.9 Å². The van der Waals surface area contributed by atoms with E-state index in [-0.39, 0.29) is 5.96 Å². The second-order valence-corrected chi connectivity index (χ2v) is 2.65. The molecule has 0 aliphatic carbocycles. The number of nitrogens with one attached hydrogen (secondary N) is 1. The fourth-order valence-corrected chi connectivity index (χ4v) is 0.881. The average Bonchev–Trinajstić information content (AvgIpc) is 2.16. The molecule has 0 aliphatic heterocycles. The molecule has 0 aliphatic rings. The Labute approximate surface area is 82.1 Å². The molecular formula is C7H16N4O3. The molecule has 1 atom stereocenters. The highest BCUT2D eigenvalue weighted by atomic mass is 16.5. The van der Waals surface area contributed by atoms with Gasteiger partial charge in [-0.3, -0.25) is 9.79 Å². The van der Waals surface area contributed by atoms with Gasteiger partial charge in [-0.2, -0.15) is 5.48 Å². The number of hydrogen-bond donors (Lipinski definition) is 4. The molecule has 0 fully saturated rings. The van der Waals surface area contributed by atoms with E-state index in [0.717, 1.165) is 0 Å². The first-order valence-corrected chi connectivity index (χ1v) is 4.14. The van der Waals surface area contributed by atoms with Gasteiger partial charge in [-0.1, -0.05) is 0 Å². The maximum absolute atomic E-state index is 10.9. The van der Waals surface area contributed by atoms with Gasteiger partial charge in [0.25, 0.3) is 0 Å². The summed E-state index contributed by atoms with van der Waals surface area (Å²) in [6.45, 7) is 0.414. The van der Waals surface area contributed by atoms with Gasteiger partial charge in [-0.25, -0.2) is 0 Å². The number of ether oxygens (including phenoxy) is 1. The molecule has 0 heterocycles. The number of nitrogens with two attached hydrogens (primary N) is 2. The molecule has 0 aromatic rings. The number of nitrogens with zero attached hydrogens (tertiary/aromatic N) is 1. The van der Waals surface area contributed by atoms with Crippen molar-refractivity contribution in [3.8, 4) is 0 Å². The smallest absolute Gasteiger partial charge is 0.325 e. The van der Waals surface area contributed by atoms with E-state index in [1.54, 1.807) is 0 Å². The van der Waals surface area contributed by atoms with Gasteiger partial charge in [0.2, 0.25) is 0 Å². The molecule has 14 heavy (non-hydrogen) atoms. The zero-order chi connectivity index (χ0) is 11.0. The zero-order valence-electron chi connectivity index (χ0n) is 8.06. The summed E-state index contributed by atoms with van der Waals surface area (Å²) in [6.07, 6.45) is 0.977. The second kappa shape index (κ2) is 7.10. The Morgan fingerprint density at radius 2 is 2.29 bits per heavy atom. The van der Waals surface area contributed by atoms with Crippen molar-refractivity contribution in [1.82, 2.24) is 5.48 Å². The van der Waals surface area contributed by atoms with Crippen LogP contribution in [0.3, 0.4) is 0 Å². The van der Waals surface area contributed by atoms with Crippen LogP contribution in [0, 0.1) is 0 Å². The molecular weight excluding hydrogens is 188 g/mol. The van der Waals surface area contributed by atoms with Crippen LogP contribution in [0.2, 0.25) is 0 Å². The van der Waals surface area contributed by atoms with Crippen LogP contribution in [0.1, 0.15) is 12.8 Å². The van der Waals surface area contributed by atoms with Crippen molar-refractivity contribution in [2.24, 2.45) is 16.5 Å². The lowest BCUT2D eigenvalue weighted by molar-refractivity contribution is -0.146. The van der Waals surface area contributed by atoms with Gasteiger partial charge in [0.05, 0.1) is 7.11 Å². The highest BCUT2D eigenvalue weighted by Gasteiger charge is 2.16. The van der Waals surface area contributed by atoms with E-state index in [0.29, 0.717) is 19.4 Å². The lowest BCUT2D eigenvalue weighted by Crippen LogP contribution is -2.35. The molecule has 0 saturated heterocycles. The van der Waals surface area contributed by atoms with Crippen molar-refractivity contribution in [2.75, 3.05) is 13.7 Å². The van der Waals surface area contributed by atoms with Crippen LogP contribution >= 0.6 is 0 Å². The second-order valence-electron chi connectivity index (χ2n) is 2.65. The van der Waals surface area contributed by atoms with Gasteiger partial charge >= 0.3 is 5.97 Å². The third-order valence-electron chi connectivity index (χ3n) is 1.59. The monoisotopic (exact) mass is 204 g/mol. The Kier molecular flexibility index (Phi) is 6.42. The summed E-state index contributed by atoms with van der Waals surface area (Å²) in [5.74, 6) is -0.506. The number of carbonyl (C=O) groups is 1. The summed E-state index contributed by atoms with van der Waals surface area (Å²) in [6, 6.07) is -0.728. The van der Waals surface area contributed by atoms with E-state index in [1.165, 1.54) is 7.11 Å². The van der Waals surface area contributed by atoms with E-state index in [1.807, 2.05) is 5.48 Å². The SMILES string of the molecule is COC(=O)[C@H](CCCN=C(N)N)NO. The van der Waals surface area contributed by atoms with E-state index in [2.05, 4.69) is 9.73 Å². The number of rotatable bonds is 6. The predicted octanol–water partition coefficient (Wildman–Crippen LogP) is -1.44. The Morgan fingerprint density at radius 1 is 1.64 bits per heavy atom. The van der Waals surface area contributed by atoms with Gasteiger partial charge in [0, 0.05) is 6.54 Å². The normalized spacial score (nSPS) is 11.9. The fraction of sp³-hybridized carbons (Fsp3) is 0.714. The predicted molar refractivity (Wildman–Crippen MR) is 50.6 cm³/mol. The van der Waals surface area contributed by atoms with Crippen LogP contribution in [0.25, 0.3) is 0 Å². The molecule has 0 saturated carbocycles. The number of esters is 1. The van der Waals surface area contributed by atoms with Crippen LogP contribution in [0.4, 0.5) is 0 Å². The van der Waals surface area contributed by atoms with Crippen LogP contribution in [-0.2, 0) is 9.53 Å².